The molecule has 0 aliphatic carbocycles. The van der Waals surface area contributed by atoms with Crippen LogP contribution in [0.4, 0.5) is 11.4 Å². The summed E-state index contributed by atoms with van der Waals surface area (Å²) in [7, 11) is -3.73. The molecule has 9 nitrogen and oxygen atoms in total. The minimum absolute atomic E-state index is 0.0164. The number of nitrogens with zero attached hydrogens (tertiary/aromatic N) is 3. The van der Waals surface area contributed by atoms with Crippen LogP contribution in [0.25, 0.3) is 0 Å². The molecule has 2 aromatic rings. The largest absolute Gasteiger partial charge is 0.378 e. The fraction of sp³-hybridized carbons (Fsp3) is 0.429. The molecule has 0 bridgehead atoms. The Kier molecular flexibility index (Phi) is 7.47. The zero-order valence-electron chi connectivity index (χ0n) is 17.8. The number of amides is 1. The third kappa shape index (κ3) is 5.33. The quantitative estimate of drug-likeness (QED) is 0.654. The monoisotopic (exact) mass is 448 g/mol. The molecule has 0 spiro atoms. The van der Waals surface area contributed by atoms with E-state index in [1.807, 2.05) is 18.2 Å². The number of morpholine rings is 1. The van der Waals surface area contributed by atoms with E-state index in [0.29, 0.717) is 32.0 Å². The average molecular weight is 449 g/mol. The third-order valence-corrected chi connectivity index (χ3v) is 7.18. The van der Waals surface area contributed by atoms with Gasteiger partial charge in [0.1, 0.15) is 6.54 Å². The van der Waals surface area contributed by atoms with Crippen molar-refractivity contribution in [2.24, 2.45) is 0 Å². The van der Waals surface area contributed by atoms with E-state index >= 15 is 0 Å². The lowest BCUT2D eigenvalue weighted by molar-refractivity contribution is -0.116. The Hall–Kier alpha value is -2.69. The van der Waals surface area contributed by atoms with Gasteiger partial charge in [-0.2, -0.15) is 4.31 Å². The van der Waals surface area contributed by atoms with Gasteiger partial charge in [-0.25, -0.2) is 8.42 Å². The topological polar surface area (TPSA) is 101 Å². The number of pyridine rings is 1. The van der Waals surface area contributed by atoms with E-state index in [2.05, 4.69) is 10.2 Å². The third-order valence-electron chi connectivity index (χ3n) is 5.14. The van der Waals surface area contributed by atoms with Gasteiger partial charge in [0, 0.05) is 38.4 Å². The molecule has 1 amide bonds. The summed E-state index contributed by atoms with van der Waals surface area (Å²) in [5.74, 6) is -0.416. The maximum Gasteiger partial charge on any atom is 0.251 e. The van der Waals surface area contributed by atoms with Crippen LogP contribution < -0.4 is 15.8 Å². The van der Waals surface area contributed by atoms with Gasteiger partial charge < -0.3 is 19.5 Å². The van der Waals surface area contributed by atoms with Crippen LogP contribution in [-0.2, 0) is 26.1 Å². The van der Waals surface area contributed by atoms with Gasteiger partial charge in [0.05, 0.1) is 29.5 Å². The first-order chi connectivity index (χ1) is 14.9. The Morgan fingerprint density at radius 2 is 1.77 bits per heavy atom. The van der Waals surface area contributed by atoms with Crippen molar-refractivity contribution in [1.82, 2.24) is 8.87 Å². The Bertz CT molecular complexity index is 1070. The van der Waals surface area contributed by atoms with Gasteiger partial charge in [-0.15, -0.1) is 0 Å². The summed E-state index contributed by atoms with van der Waals surface area (Å²) in [5.41, 5.74) is 1.06. The molecule has 0 unspecified atom stereocenters. The number of anilines is 2. The van der Waals surface area contributed by atoms with Gasteiger partial charge in [0.2, 0.25) is 15.9 Å². The number of ether oxygens (including phenoxy) is 1. The predicted octanol–water partition coefficient (Wildman–Crippen LogP) is 1.35. The number of rotatable bonds is 8. The number of sulfonamides is 1. The molecular weight excluding hydrogens is 420 g/mol. The minimum Gasteiger partial charge on any atom is -0.378 e. The fourth-order valence-electron chi connectivity index (χ4n) is 3.50. The Labute approximate surface area is 182 Å². The van der Waals surface area contributed by atoms with E-state index in [1.165, 1.54) is 22.6 Å². The summed E-state index contributed by atoms with van der Waals surface area (Å²) in [6, 6.07) is 9.88. The molecule has 10 heteroatoms. The number of hydrogen-bond acceptors (Lipinski definition) is 6. The Balaban J connectivity index is 1.80. The lowest BCUT2D eigenvalue weighted by atomic mass is 10.2. The van der Waals surface area contributed by atoms with Gasteiger partial charge in [0.15, 0.2) is 0 Å². The zero-order chi connectivity index (χ0) is 22.4. The molecule has 1 saturated heterocycles. The summed E-state index contributed by atoms with van der Waals surface area (Å²) < 4.78 is 33.3. The second-order valence-corrected chi connectivity index (χ2v) is 9.02. The number of carbonyl (C=O) groups excluding carboxylic acids is 1. The van der Waals surface area contributed by atoms with Crippen molar-refractivity contribution in [1.29, 1.82) is 0 Å². The van der Waals surface area contributed by atoms with E-state index in [1.54, 1.807) is 19.9 Å². The molecule has 0 radical (unpaired) electrons. The van der Waals surface area contributed by atoms with Crippen LogP contribution in [0.3, 0.4) is 0 Å². The van der Waals surface area contributed by atoms with E-state index in [4.69, 9.17) is 4.74 Å². The summed E-state index contributed by atoms with van der Waals surface area (Å²) in [5, 5.41) is 2.85. The zero-order valence-corrected chi connectivity index (χ0v) is 18.6. The molecule has 0 atom stereocenters. The number of aromatic nitrogens is 1. The molecule has 168 valence electrons. The van der Waals surface area contributed by atoms with E-state index in [-0.39, 0.29) is 11.4 Å². The van der Waals surface area contributed by atoms with Crippen molar-refractivity contribution in [2.45, 2.75) is 25.3 Å². The van der Waals surface area contributed by atoms with Crippen LogP contribution in [0, 0.1) is 0 Å². The number of benzene rings is 1. The normalized spacial score (nSPS) is 14.6. The van der Waals surface area contributed by atoms with Gasteiger partial charge in [-0.3, -0.25) is 9.59 Å². The number of para-hydroxylation sites is 2. The van der Waals surface area contributed by atoms with Gasteiger partial charge in [-0.05, 0) is 18.2 Å². The fourth-order valence-corrected chi connectivity index (χ4v) is 4.98. The highest BCUT2D eigenvalue weighted by Crippen LogP contribution is 2.26. The highest BCUT2D eigenvalue weighted by Gasteiger charge is 2.23. The van der Waals surface area contributed by atoms with Crippen LogP contribution >= 0.6 is 0 Å². The lowest BCUT2D eigenvalue weighted by Gasteiger charge is -2.30. The first-order valence-corrected chi connectivity index (χ1v) is 11.7. The van der Waals surface area contributed by atoms with Crippen LogP contribution in [-0.4, -0.2) is 62.6 Å². The molecule has 1 aromatic carbocycles. The molecule has 1 aromatic heterocycles. The molecule has 31 heavy (non-hydrogen) atoms. The highest BCUT2D eigenvalue weighted by atomic mass is 32.2. The van der Waals surface area contributed by atoms with Crippen molar-refractivity contribution >= 4 is 27.3 Å². The van der Waals surface area contributed by atoms with Crippen LogP contribution in [0.15, 0.2) is 52.3 Å². The second-order valence-electron chi connectivity index (χ2n) is 7.09. The molecule has 1 aliphatic rings. The SMILES string of the molecule is CCN(CC)S(=O)(=O)c1ccc(=O)n(CC(=O)Nc2ccccc2N2CCOCC2)c1. The van der Waals surface area contributed by atoms with Crippen molar-refractivity contribution in [3.63, 3.8) is 0 Å². The van der Waals surface area contributed by atoms with Crippen LogP contribution in [0.1, 0.15) is 13.8 Å². The van der Waals surface area contributed by atoms with Crippen LogP contribution in [0.5, 0.6) is 0 Å². The van der Waals surface area contributed by atoms with Gasteiger partial charge in [-0.1, -0.05) is 26.0 Å². The lowest BCUT2D eigenvalue weighted by Crippen LogP contribution is -2.37. The molecule has 1 fully saturated rings. The number of carbonyl (C=O) groups is 1. The van der Waals surface area contributed by atoms with Crippen molar-refractivity contribution in [3.8, 4) is 0 Å². The molecule has 1 aliphatic heterocycles. The summed E-state index contributed by atoms with van der Waals surface area (Å²) >= 11 is 0. The number of nitrogens with one attached hydrogen (secondary N) is 1. The smallest absolute Gasteiger partial charge is 0.251 e. The molecule has 2 heterocycles. The van der Waals surface area contributed by atoms with E-state index < -0.39 is 21.5 Å². The van der Waals surface area contributed by atoms with Gasteiger partial charge in [0.25, 0.3) is 5.56 Å². The van der Waals surface area contributed by atoms with E-state index in [9.17, 15) is 18.0 Å². The summed E-state index contributed by atoms with van der Waals surface area (Å²) in [6.45, 7) is 6.50. The highest BCUT2D eigenvalue weighted by molar-refractivity contribution is 7.89. The standard InChI is InChI=1S/C21H28N4O5S/c1-3-25(4-2)31(28,29)17-9-10-21(27)24(15-17)16-20(26)22-18-7-5-6-8-19(18)23-11-13-30-14-12-23/h5-10,15H,3-4,11-14,16H2,1-2H3,(H,22,26). The average Bonchev–Trinajstić information content (AvgIpc) is 2.77. The molecule has 3 rings (SSSR count). The maximum atomic E-state index is 12.7. The number of hydrogen-bond donors (Lipinski definition) is 1. The minimum atomic E-state index is -3.73. The summed E-state index contributed by atoms with van der Waals surface area (Å²) in [4.78, 5) is 27.1. The first kappa shape index (κ1) is 23.0. The van der Waals surface area contributed by atoms with Crippen molar-refractivity contribution in [3.05, 3.63) is 52.9 Å². The Morgan fingerprint density at radius 3 is 2.45 bits per heavy atom. The predicted molar refractivity (Wildman–Crippen MR) is 119 cm³/mol. The molecule has 0 saturated carbocycles. The van der Waals surface area contributed by atoms with Crippen molar-refractivity contribution < 1.29 is 17.9 Å². The van der Waals surface area contributed by atoms with Crippen LogP contribution in [0.2, 0.25) is 0 Å². The second kappa shape index (κ2) is 10.1. The molecular formula is C21H28N4O5S. The van der Waals surface area contributed by atoms with E-state index in [0.717, 1.165) is 23.3 Å². The molecule has 1 N–H and O–H groups in total. The van der Waals surface area contributed by atoms with Gasteiger partial charge >= 0.3 is 0 Å². The van der Waals surface area contributed by atoms with Crippen molar-refractivity contribution in [2.75, 3.05) is 49.6 Å². The Morgan fingerprint density at radius 1 is 1.10 bits per heavy atom. The first-order valence-electron chi connectivity index (χ1n) is 10.3. The maximum absolute atomic E-state index is 12.7. The summed E-state index contributed by atoms with van der Waals surface area (Å²) in [6.07, 6.45) is 1.23.